The van der Waals surface area contributed by atoms with E-state index in [2.05, 4.69) is 31.5 Å². The van der Waals surface area contributed by atoms with E-state index in [9.17, 15) is 9.90 Å². The Hall–Kier alpha value is -1.41. The van der Waals surface area contributed by atoms with E-state index in [1.165, 1.54) is 24.6 Å². The molecule has 0 radical (unpaired) electrons. The normalized spacial score (nSPS) is 15.5. The summed E-state index contributed by atoms with van der Waals surface area (Å²) in [5, 5.41) is 21.8. The lowest BCUT2D eigenvalue weighted by Gasteiger charge is -2.12. The Morgan fingerprint density at radius 2 is 2.14 bits per heavy atom. The SMILES string of the molecule is O=C(O)c1c(Br)cccc1Sc1nnnn1C1CCCC1. The first kappa shape index (κ1) is 14.5. The minimum atomic E-state index is -0.968. The van der Waals surface area contributed by atoms with Crippen molar-refractivity contribution >= 4 is 33.7 Å². The van der Waals surface area contributed by atoms with E-state index in [-0.39, 0.29) is 5.56 Å². The van der Waals surface area contributed by atoms with Gasteiger partial charge in [-0.15, -0.1) is 5.10 Å². The number of tetrazole rings is 1. The molecule has 0 amide bonds. The average molecular weight is 369 g/mol. The lowest BCUT2D eigenvalue weighted by atomic mass is 10.2. The van der Waals surface area contributed by atoms with E-state index >= 15 is 0 Å². The van der Waals surface area contributed by atoms with Gasteiger partial charge >= 0.3 is 5.97 Å². The van der Waals surface area contributed by atoms with Crippen molar-refractivity contribution in [3.8, 4) is 0 Å². The average Bonchev–Trinajstić information content (AvgIpc) is 3.08. The predicted molar refractivity (Wildman–Crippen MR) is 80.5 cm³/mol. The summed E-state index contributed by atoms with van der Waals surface area (Å²) >= 11 is 4.58. The van der Waals surface area contributed by atoms with Gasteiger partial charge in [-0.2, -0.15) is 0 Å². The zero-order valence-electron chi connectivity index (χ0n) is 11.1. The molecule has 1 aromatic carbocycles. The molecular formula is C13H13BrN4O2S. The van der Waals surface area contributed by atoms with Crippen LogP contribution in [0.15, 0.2) is 32.7 Å². The highest BCUT2D eigenvalue weighted by Crippen LogP contribution is 2.36. The molecule has 2 aromatic rings. The van der Waals surface area contributed by atoms with E-state index in [1.54, 1.807) is 12.1 Å². The lowest BCUT2D eigenvalue weighted by Crippen LogP contribution is -2.08. The summed E-state index contributed by atoms with van der Waals surface area (Å²) in [7, 11) is 0. The van der Waals surface area contributed by atoms with E-state index in [1.807, 2.05) is 10.7 Å². The fraction of sp³-hybridized carbons (Fsp3) is 0.385. The van der Waals surface area contributed by atoms with Crippen molar-refractivity contribution in [1.82, 2.24) is 20.2 Å². The zero-order valence-corrected chi connectivity index (χ0v) is 13.5. The summed E-state index contributed by atoms with van der Waals surface area (Å²) < 4.78 is 2.38. The van der Waals surface area contributed by atoms with Crippen LogP contribution in [0.25, 0.3) is 0 Å². The van der Waals surface area contributed by atoms with Crippen LogP contribution in [0.1, 0.15) is 42.1 Å². The van der Waals surface area contributed by atoms with Crippen molar-refractivity contribution in [3.63, 3.8) is 0 Å². The van der Waals surface area contributed by atoms with Gasteiger partial charge in [0.25, 0.3) is 0 Å². The van der Waals surface area contributed by atoms with Crippen LogP contribution in [0, 0.1) is 0 Å². The standard InChI is InChI=1S/C13H13BrN4O2S/c14-9-6-3-7-10(11(9)12(19)20)21-13-15-16-17-18(13)8-4-1-2-5-8/h3,6-8H,1-2,4-5H2,(H,19,20). The summed E-state index contributed by atoms with van der Waals surface area (Å²) in [6, 6.07) is 5.62. The summed E-state index contributed by atoms with van der Waals surface area (Å²) in [5.41, 5.74) is 0.239. The molecule has 1 N–H and O–H groups in total. The molecule has 0 spiro atoms. The molecule has 1 fully saturated rings. The number of aromatic carboxylic acids is 1. The van der Waals surface area contributed by atoms with Crippen LogP contribution in [0.5, 0.6) is 0 Å². The first-order valence-electron chi connectivity index (χ1n) is 6.64. The van der Waals surface area contributed by atoms with Crippen molar-refractivity contribution in [3.05, 3.63) is 28.2 Å². The summed E-state index contributed by atoms with van der Waals surface area (Å²) in [6.07, 6.45) is 4.52. The van der Waals surface area contributed by atoms with E-state index < -0.39 is 5.97 Å². The predicted octanol–water partition coefficient (Wildman–Crippen LogP) is 3.40. The fourth-order valence-corrected chi connectivity index (χ4v) is 4.19. The van der Waals surface area contributed by atoms with Gasteiger partial charge in [0.05, 0.1) is 11.6 Å². The molecule has 0 atom stereocenters. The van der Waals surface area contributed by atoms with Gasteiger partial charge in [0.1, 0.15) is 0 Å². The van der Waals surface area contributed by atoms with E-state index in [0.717, 1.165) is 12.8 Å². The first-order chi connectivity index (χ1) is 10.2. The molecule has 8 heteroatoms. The monoisotopic (exact) mass is 368 g/mol. The molecule has 0 bridgehead atoms. The van der Waals surface area contributed by atoms with Gasteiger partial charge in [-0.25, -0.2) is 9.48 Å². The number of carboxylic acids is 1. The van der Waals surface area contributed by atoms with Gasteiger partial charge in [0.2, 0.25) is 5.16 Å². The lowest BCUT2D eigenvalue weighted by molar-refractivity contribution is 0.0692. The van der Waals surface area contributed by atoms with Crippen LogP contribution >= 0.6 is 27.7 Å². The summed E-state index contributed by atoms with van der Waals surface area (Å²) in [6.45, 7) is 0. The van der Waals surface area contributed by atoms with Crippen LogP contribution in [0.4, 0.5) is 0 Å². The number of halogens is 1. The second-order valence-corrected chi connectivity index (χ2v) is 6.73. The molecule has 6 nitrogen and oxygen atoms in total. The number of rotatable bonds is 4. The smallest absolute Gasteiger partial charge is 0.338 e. The molecule has 1 aromatic heterocycles. The minimum absolute atomic E-state index is 0.239. The second kappa shape index (κ2) is 6.15. The third kappa shape index (κ3) is 2.96. The van der Waals surface area contributed by atoms with Crippen LogP contribution in [0.3, 0.4) is 0 Å². The van der Waals surface area contributed by atoms with Crippen LogP contribution in [-0.4, -0.2) is 31.3 Å². The topological polar surface area (TPSA) is 80.9 Å². The highest BCUT2D eigenvalue weighted by Gasteiger charge is 2.23. The minimum Gasteiger partial charge on any atom is -0.478 e. The maximum Gasteiger partial charge on any atom is 0.338 e. The summed E-state index contributed by atoms with van der Waals surface area (Å²) in [4.78, 5) is 12.0. The Balaban J connectivity index is 1.93. The third-order valence-electron chi connectivity index (χ3n) is 3.52. The zero-order chi connectivity index (χ0) is 14.8. The second-order valence-electron chi connectivity index (χ2n) is 4.86. The number of aromatic nitrogens is 4. The van der Waals surface area contributed by atoms with Crippen molar-refractivity contribution in [2.24, 2.45) is 0 Å². The highest BCUT2D eigenvalue weighted by atomic mass is 79.9. The van der Waals surface area contributed by atoms with Crippen molar-refractivity contribution < 1.29 is 9.90 Å². The number of hydrogen-bond acceptors (Lipinski definition) is 5. The Morgan fingerprint density at radius 1 is 1.38 bits per heavy atom. The molecule has 3 rings (SSSR count). The molecule has 1 aliphatic carbocycles. The summed E-state index contributed by atoms with van der Waals surface area (Å²) in [5.74, 6) is -0.968. The molecule has 1 saturated carbocycles. The maximum atomic E-state index is 11.4. The van der Waals surface area contributed by atoms with Gasteiger partial charge in [-0.3, -0.25) is 0 Å². The van der Waals surface area contributed by atoms with Crippen molar-refractivity contribution in [1.29, 1.82) is 0 Å². The van der Waals surface area contributed by atoms with Gasteiger partial charge < -0.3 is 5.11 Å². The van der Waals surface area contributed by atoms with Gasteiger partial charge in [-0.05, 0) is 63.1 Å². The molecule has 0 aliphatic heterocycles. The Kier molecular flexibility index (Phi) is 4.25. The molecule has 1 heterocycles. The van der Waals surface area contributed by atoms with Crippen LogP contribution in [0.2, 0.25) is 0 Å². The number of hydrogen-bond donors (Lipinski definition) is 1. The van der Waals surface area contributed by atoms with Gasteiger partial charge in [-0.1, -0.05) is 18.9 Å². The quantitative estimate of drug-likeness (QED) is 0.890. The molecule has 1 aliphatic rings. The molecule has 21 heavy (non-hydrogen) atoms. The molecule has 110 valence electrons. The maximum absolute atomic E-state index is 11.4. The van der Waals surface area contributed by atoms with Gasteiger partial charge in [0.15, 0.2) is 0 Å². The molecule has 0 saturated heterocycles. The van der Waals surface area contributed by atoms with Crippen molar-refractivity contribution in [2.75, 3.05) is 0 Å². The van der Waals surface area contributed by atoms with Gasteiger partial charge in [0, 0.05) is 9.37 Å². The molecular weight excluding hydrogens is 356 g/mol. The third-order valence-corrected chi connectivity index (χ3v) is 5.20. The number of carbonyl (C=O) groups is 1. The van der Waals surface area contributed by atoms with E-state index in [0.29, 0.717) is 20.6 Å². The Labute approximate surface area is 134 Å². The fourth-order valence-electron chi connectivity index (χ4n) is 2.53. The number of nitrogens with zero attached hydrogens (tertiary/aromatic N) is 4. The number of benzene rings is 1. The largest absolute Gasteiger partial charge is 0.478 e. The Morgan fingerprint density at radius 3 is 2.86 bits per heavy atom. The van der Waals surface area contributed by atoms with Crippen LogP contribution in [-0.2, 0) is 0 Å². The Bertz CT molecular complexity index is 670. The molecule has 0 unspecified atom stereocenters. The van der Waals surface area contributed by atoms with E-state index in [4.69, 9.17) is 0 Å². The highest BCUT2D eigenvalue weighted by molar-refractivity contribution is 9.10. The first-order valence-corrected chi connectivity index (χ1v) is 8.25. The number of carboxylic acid groups (broad SMARTS) is 1. The van der Waals surface area contributed by atoms with Crippen molar-refractivity contribution in [2.45, 2.75) is 41.8 Å². The van der Waals surface area contributed by atoms with Crippen LogP contribution < -0.4 is 0 Å².